The normalized spacial score (nSPS) is 10.9. The van der Waals surface area contributed by atoms with Crippen LogP contribution in [0.1, 0.15) is 21.8 Å². The summed E-state index contributed by atoms with van der Waals surface area (Å²) < 4.78 is 11.8. The summed E-state index contributed by atoms with van der Waals surface area (Å²) >= 11 is 0. The quantitative estimate of drug-likeness (QED) is 0.443. The Morgan fingerprint density at radius 3 is 2.48 bits per heavy atom. The van der Waals surface area contributed by atoms with Crippen LogP contribution < -0.4 is 4.74 Å². The van der Waals surface area contributed by atoms with Gasteiger partial charge in [0.25, 0.3) is 0 Å². The second-order valence-corrected chi connectivity index (χ2v) is 6.30. The minimum atomic E-state index is 0.478. The molecule has 0 N–H and O–H groups in total. The Morgan fingerprint density at radius 2 is 1.70 bits per heavy atom. The lowest BCUT2D eigenvalue weighted by Gasteiger charge is -2.10. The van der Waals surface area contributed by atoms with Crippen LogP contribution in [0.2, 0.25) is 0 Å². The Bertz CT molecular complexity index is 1080. The predicted octanol–water partition coefficient (Wildman–Crippen LogP) is 5.24. The molecule has 0 aliphatic rings. The van der Waals surface area contributed by atoms with E-state index in [1.807, 2.05) is 67.6 Å². The number of aldehydes is 1. The van der Waals surface area contributed by atoms with Crippen LogP contribution in [0.15, 0.2) is 71.1 Å². The van der Waals surface area contributed by atoms with Gasteiger partial charge in [-0.1, -0.05) is 42.5 Å². The number of rotatable bonds is 6. The molecule has 1 heterocycles. The van der Waals surface area contributed by atoms with Crippen molar-refractivity contribution in [1.82, 2.24) is 4.98 Å². The van der Waals surface area contributed by atoms with E-state index < -0.39 is 0 Å². The first-order valence-corrected chi connectivity index (χ1v) is 8.87. The van der Waals surface area contributed by atoms with Crippen LogP contribution >= 0.6 is 0 Å². The van der Waals surface area contributed by atoms with E-state index in [1.54, 1.807) is 6.07 Å². The number of carbonyl (C=O) groups excluding carboxylic acids is 1. The third-order valence-electron chi connectivity index (χ3n) is 4.55. The molecule has 0 spiro atoms. The minimum absolute atomic E-state index is 0.478. The molecule has 134 valence electrons. The first-order chi connectivity index (χ1) is 13.3. The Kier molecular flexibility index (Phi) is 4.71. The van der Waals surface area contributed by atoms with Crippen LogP contribution in [-0.4, -0.2) is 17.9 Å². The van der Waals surface area contributed by atoms with Crippen molar-refractivity contribution in [1.29, 1.82) is 0 Å². The number of aromatic nitrogens is 1. The zero-order valence-corrected chi connectivity index (χ0v) is 15.0. The number of ether oxygens (including phenoxy) is 1. The zero-order chi connectivity index (χ0) is 18.6. The van der Waals surface area contributed by atoms with Gasteiger partial charge in [0.1, 0.15) is 11.5 Å². The third kappa shape index (κ3) is 3.47. The highest BCUT2D eigenvalue weighted by molar-refractivity contribution is 6.00. The summed E-state index contributed by atoms with van der Waals surface area (Å²) in [6.45, 7) is 2.40. The minimum Gasteiger partial charge on any atom is -0.493 e. The van der Waals surface area contributed by atoms with Crippen LogP contribution in [0.5, 0.6) is 5.75 Å². The molecule has 3 aromatic carbocycles. The van der Waals surface area contributed by atoms with E-state index in [4.69, 9.17) is 9.15 Å². The fourth-order valence-corrected chi connectivity index (χ4v) is 3.15. The molecule has 0 amide bonds. The lowest BCUT2D eigenvalue weighted by atomic mass is 10.0. The maximum absolute atomic E-state index is 11.2. The lowest BCUT2D eigenvalue weighted by Crippen LogP contribution is -2.03. The first kappa shape index (κ1) is 17.0. The number of hydrogen-bond donors (Lipinski definition) is 0. The van der Waals surface area contributed by atoms with E-state index in [0.717, 1.165) is 39.8 Å². The fourth-order valence-electron chi connectivity index (χ4n) is 3.15. The zero-order valence-electron chi connectivity index (χ0n) is 15.0. The summed E-state index contributed by atoms with van der Waals surface area (Å²) in [5.74, 6) is 2.20. The van der Waals surface area contributed by atoms with Crippen molar-refractivity contribution in [3.63, 3.8) is 0 Å². The van der Waals surface area contributed by atoms with E-state index in [9.17, 15) is 4.79 Å². The fraction of sp³-hybridized carbons (Fsp3) is 0.130. The molecule has 4 heteroatoms. The summed E-state index contributed by atoms with van der Waals surface area (Å²) in [4.78, 5) is 15.8. The van der Waals surface area contributed by atoms with Gasteiger partial charge in [-0.2, -0.15) is 0 Å². The summed E-state index contributed by atoms with van der Waals surface area (Å²) in [6, 6.07) is 21.2. The molecule has 0 bridgehead atoms. The highest BCUT2D eigenvalue weighted by Gasteiger charge is 2.12. The summed E-state index contributed by atoms with van der Waals surface area (Å²) in [5.41, 5.74) is 2.52. The van der Waals surface area contributed by atoms with Gasteiger partial charge in [-0.3, -0.25) is 4.79 Å². The highest BCUT2D eigenvalue weighted by atomic mass is 16.5. The van der Waals surface area contributed by atoms with Crippen LogP contribution in [0.3, 0.4) is 0 Å². The second kappa shape index (κ2) is 7.46. The van der Waals surface area contributed by atoms with E-state index >= 15 is 0 Å². The smallest absolute Gasteiger partial charge is 0.226 e. The molecule has 4 aromatic rings. The Morgan fingerprint density at radius 1 is 0.963 bits per heavy atom. The number of carbonyl (C=O) groups is 1. The number of fused-ring (bicyclic) bond motifs is 1. The molecule has 0 saturated heterocycles. The van der Waals surface area contributed by atoms with Crippen molar-refractivity contribution in [2.45, 2.75) is 13.3 Å². The Hall–Kier alpha value is -3.40. The van der Waals surface area contributed by atoms with E-state index in [2.05, 4.69) is 4.98 Å². The maximum atomic E-state index is 11.2. The summed E-state index contributed by atoms with van der Waals surface area (Å²) in [7, 11) is 0. The number of aryl methyl sites for hydroxylation is 1. The van der Waals surface area contributed by atoms with Gasteiger partial charge in [-0.15, -0.1) is 0 Å². The van der Waals surface area contributed by atoms with Crippen molar-refractivity contribution in [3.8, 4) is 17.2 Å². The molecule has 0 fully saturated rings. The molecule has 0 atom stereocenters. The SMILES string of the molecule is Cc1oc(-c2ccccc2)nc1CCOc1ccc(C=O)c2ccccc12. The van der Waals surface area contributed by atoms with Gasteiger partial charge in [-0.25, -0.2) is 4.98 Å². The predicted molar refractivity (Wildman–Crippen MR) is 105 cm³/mol. The van der Waals surface area contributed by atoms with Crippen molar-refractivity contribution < 1.29 is 13.9 Å². The van der Waals surface area contributed by atoms with Crippen molar-refractivity contribution >= 4 is 17.1 Å². The van der Waals surface area contributed by atoms with Gasteiger partial charge in [0, 0.05) is 22.9 Å². The Labute approximate surface area is 157 Å². The third-order valence-corrected chi connectivity index (χ3v) is 4.55. The molecule has 0 aliphatic carbocycles. The average molecular weight is 357 g/mol. The molecule has 0 saturated carbocycles. The largest absolute Gasteiger partial charge is 0.493 e. The molecule has 0 radical (unpaired) electrons. The molecular formula is C23H19NO3. The first-order valence-electron chi connectivity index (χ1n) is 8.87. The maximum Gasteiger partial charge on any atom is 0.226 e. The number of oxazole rings is 1. The van der Waals surface area contributed by atoms with Gasteiger partial charge in [-0.05, 0) is 36.6 Å². The van der Waals surface area contributed by atoms with Crippen LogP contribution in [-0.2, 0) is 6.42 Å². The van der Waals surface area contributed by atoms with Crippen LogP contribution in [0.25, 0.3) is 22.2 Å². The number of hydrogen-bond acceptors (Lipinski definition) is 4. The molecule has 0 unspecified atom stereocenters. The van der Waals surface area contributed by atoms with Gasteiger partial charge in [0.2, 0.25) is 5.89 Å². The summed E-state index contributed by atoms with van der Waals surface area (Å²) in [6.07, 6.45) is 1.52. The standard InChI is InChI=1S/C23H19NO3/c1-16-21(24-23(27-16)17-7-3-2-4-8-17)13-14-26-22-12-11-18(15-25)19-9-5-6-10-20(19)22/h2-12,15H,13-14H2,1H3. The van der Waals surface area contributed by atoms with Gasteiger partial charge in [0.05, 0.1) is 12.3 Å². The average Bonchev–Trinajstić information content (AvgIpc) is 3.09. The molecule has 4 rings (SSSR count). The molecule has 4 nitrogen and oxygen atoms in total. The topological polar surface area (TPSA) is 52.3 Å². The number of nitrogens with zero attached hydrogens (tertiary/aromatic N) is 1. The highest BCUT2D eigenvalue weighted by Crippen LogP contribution is 2.28. The van der Waals surface area contributed by atoms with Gasteiger partial charge < -0.3 is 9.15 Å². The van der Waals surface area contributed by atoms with Gasteiger partial charge in [0.15, 0.2) is 6.29 Å². The molecule has 0 aliphatic heterocycles. The summed E-state index contributed by atoms with van der Waals surface area (Å²) in [5, 5.41) is 1.83. The van der Waals surface area contributed by atoms with Gasteiger partial charge >= 0.3 is 0 Å². The lowest BCUT2D eigenvalue weighted by molar-refractivity contribution is 0.112. The van der Waals surface area contributed by atoms with Crippen LogP contribution in [0, 0.1) is 6.92 Å². The Balaban J connectivity index is 1.50. The van der Waals surface area contributed by atoms with E-state index in [1.165, 1.54) is 0 Å². The van der Waals surface area contributed by atoms with Crippen molar-refractivity contribution in [2.24, 2.45) is 0 Å². The van der Waals surface area contributed by atoms with E-state index in [-0.39, 0.29) is 0 Å². The van der Waals surface area contributed by atoms with Crippen molar-refractivity contribution in [3.05, 3.63) is 83.7 Å². The second-order valence-electron chi connectivity index (χ2n) is 6.30. The molecular weight excluding hydrogens is 338 g/mol. The van der Waals surface area contributed by atoms with Crippen LogP contribution in [0.4, 0.5) is 0 Å². The molecule has 1 aromatic heterocycles. The van der Waals surface area contributed by atoms with E-state index in [0.29, 0.717) is 24.5 Å². The number of benzene rings is 3. The monoisotopic (exact) mass is 357 g/mol. The van der Waals surface area contributed by atoms with Crippen molar-refractivity contribution in [2.75, 3.05) is 6.61 Å². The molecule has 27 heavy (non-hydrogen) atoms.